The second-order valence-corrected chi connectivity index (χ2v) is 9.91. The monoisotopic (exact) mass is 435 g/mol. The minimum Gasteiger partial charge on any atom is -0.347 e. The number of carbonyl (C=O) groups is 1. The van der Waals surface area contributed by atoms with Crippen molar-refractivity contribution in [1.82, 2.24) is 5.32 Å². The second kappa shape index (κ2) is 6.78. The zero-order valence-corrected chi connectivity index (χ0v) is 16.1. The van der Waals surface area contributed by atoms with Gasteiger partial charge in [0.25, 0.3) is 0 Å². The van der Waals surface area contributed by atoms with E-state index in [0.29, 0.717) is 12.3 Å². The Morgan fingerprint density at radius 2 is 1.70 bits per heavy atom. The maximum absolute atomic E-state index is 12.6. The molecule has 23 heavy (non-hydrogen) atoms. The first-order valence-corrected chi connectivity index (χ1v) is 9.35. The molecule has 1 heterocycles. The van der Waals surface area contributed by atoms with Gasteiger partial charge < -0.3 is 5.32 Å². The summed E-state index contributed by atoms with van der Waals surface area (Å²) in [4.78, 5) is 12.6. The molecule has 2 nitrogen and oxygen atoms in total. The Morgan fingerprint density at radius 1 is 1.04 bits per heavy atom. The van der Waals surface area contributed by atoms with Crippen LogP contribution in [0.1, 0.15) is 41.5 Å². The van der Waals surface area contributed by atoms with Gasteiger partial charge in [-0.15, -0.1) is 0 Å². The molecule has 1 aliphatic heterocycles. The fourth-order valence-corrected chi connectivity index (χ4v) is 4.29. The Balaban J connectivity index is 1.99. The van der Waals surface area contributed by atoms with E-state index < -0.39 is 3.23 Å². The Kier molecular flexibility index (Phi) is 4.93. The van der Waals surface area contributed by atoms with Gasteiger partial charge in [-0.1, -0.05) is 86.5 Å². The number of rotatable bonds is 2. The highest BCUT2D eigenvalue weighted by Gasteiger charge is 2.41. The largest absolute Gasteiger partial charge is 0.347 e. The molecule has 3 rings (SSSR count). The first-order chi connectivity index (χ1) is 11.0. The van der Waals surface area contributed by atoms with Crippen molar-refractivity contribution in [3.05, 3.63) is 71.3 Å². The number of hydrogen-bond donors (Lipinski definition) is 1. The van der Waals surface area contributed by atoms with Gasteiger partial charge in [-0.2, -0.15) is 0 Å². The zero-order valence-electron chi connectivity index (χ0n) is 12.9. The lowest BCUT2D eigenvalue weighted by Crippen LogP contribution is -2.37. The molecular formula is C19H19Br2NO. The van der Waals surface area contributed by atoms with Crippen LogP contribution in [0, 0.1) is 6.92 Å². The van der Waals surface area contributed by atoms with E-state index in [1.807, 2.05) is 18.2 Å². The highest BCUT2D eigenvalue weighted by molar-refractivity contribution is 9.25. The molecule has 1 saturated heterocycles. The molecule has 2 atom stereocenters. The number of carbonyl (C=O) groups excluding carboxylic acids is 1. The molecule has 0 aliphatic carbocycles. The fraction of sp³-hybridized carbons (Fsp3) is 0.316. The Morgan fingerprint density at radius 3 is 2.39 bits per heavy atom. The van der Waals surface area contributed by atoms with E-state index in [1.54, 1.807) is 0 Å². The lowest BCUT2D eigenvalue weighted by molar-refractivity contribution is -0.121. The number of alkyl halides is 2. The van der Waals surface area contributed by atoms with Crippen LogP contribution >= 0.6 is 31.9 Å². The number of hydrogen-bond acceptors (Lipinski definition) is 1. The highest BCUT2D eigenvalue weighted by Crippen LogP contribution is 2.45. The van der Waals surface area contributed by atoms with Crippen LogP contribution in [0.2, 0.25) is 0 Å². The number of aryl methyl sites for hydroxylation is 1. The molecule has 1 fully saturated rings. The van der Waals surface area contributed by atoms with Crippen LogP contribution < -0.4 is 5.32 Å². The smallest absolute Gasteiger partial charge is 0.248 e. The second-order valence-electron chi connectivity index (χ2n) is 6.13. The lowest BCUT2D eigenvalue weighted by atomic mass is 9.85. The van der Waals surface area contributed by atoms with E-state index in [1.165, 1.54) is 11.1 Å². The van der Waals surface area contributed by atoms with Gasteiger partial charge in [0.1, 0.15) is 0 Å². The van der Waals surface area contributed by atoms with Gasteiger partial charge in [0, 0.05) is 0 Å². The highest BCUT2D eigenvalue weighted by atomic mass is 79.9. The summed E-state index contributed by atoms with van der Waals surface area (Å²) < 4.78 is -0.726. The topological polar surface area (TPSA) is 29.1 Å². The van der Waals surface area contributed by atoms with Gasteiger partial charge in [0.15, 0.2) is 3.23 Å². The third kappa shape index (κ3) is 3.69. The van der Waals surface area contributed by atoms with Crippen LogP contribution in [0.4, 0.5) is 0 Å². The van der Waals surface area contributed by atoms with Crippen molar-refractivity contribution < 1.29 is 4.79 Å². The molecule has 1 amide bonds. The minimum absolute atomic E-state index is 0.0116. The normalized spacial score (nSPS) is 23.9. The maximum Gasteiger partial charge on any atom is 0.248 e. The summed E-state index contributed by atoms with van der Waals surface area (Å²) in [5.74, 6) is 0.279. The SMILES string of the molecule is Cc1ccccc1[C@@H]1C[C@H](c2ccccc2)NC(=O)C(Br)(Br)C1. The molecule has 0 spiro atoms. The minimum atomic E-state index is -0.726. The average molecular weight is 437 g/mol. The van der Waals surface area contributed by atoms with E-state index in [4.69, 9.17) is 0 Å². The van der Waals surface area contributed by atoms with Crippen LogP contribution in [0.5, 0.6) is 0 Å². The van der Waals surface area contributed by atoms with Crippen LogP contribution in [0.25, 0.3) is 0 Å². The molecule has 1 N–H and O–H groups in total. The summed E-state index contributed by atoms with van der Waals surface area (Å²) >= 11 is 7.15. The van der Waals surface area contributed by atoms with Gasteiger partial charge in [0.05, 0.1) is 6.04 Å². The van der Waals surface area contributed by atoms with Gasteiger partial charge >= 0.3 is 0 Å². The first kappa shape index (κ1) is 16.7. The Hall–Kier alpha value is -1.13. The average Bonchev–Trinajstić information content (AvgIpc) is 2.65. The Labute approximate surface area is 153 Å². The van der Waals surface area contributed by atoms with Crippen LogP contribution in [0.15, 0.2) is 54.6 Å². The van der Waals surface area contributed by atoms with Crippen molar-refractivity contribution in [2.75, 3.05) is 0 Å². The van der Waals surface area contributed by atoms with Crippen molar-refractivity contribution in [3.8, 4) is 0 Å². The quantitative estimate of drug-likeness (QED) is 0.642. The molecule has 0 saturated carbocycles. The summed E-state index contributed by atoms with van der Waals surface area (Å²) in [6.07, 6.45) is 1.60. The van der Waals surface area contributed by atoms with Crippen molar-refractivity contribution in [2.24, 2.45) is 0 Å². The summed E-state index contributed by atoms with van der Waals surface area (Å²) in [5.41, 5.74) is 3.74. The van der Waals surface area contributed by atoms with E-state index in [-0.39, 0.29) is 11.9 Å². The van der Waals surface area contributed by atoms with Crippen molar-refractivity contribution >= 4 is 37.8 Å². The summed E-state index contributed by atoms with van der Waals surface area (Å²) in [7, 11) is 0. The fourth-order valence-electron chi connectivity index (χ4n) is 3.28. The van der Waals surface area contributed by atoms with E-state index in [2.05, 4.69) is 80.5 Å². The van der Waals surface area contributed by atoms with Gasteiger partial charge in [-0.25, -0.2) is 0 Å². The molecule has 0 unspecified atom stereocenters. The van der Waals surface area contributed by atoms with Crippen LogP contribution in [-0.4, -0.2) is 9.14 Å². The molecule has 0 bridgehead atoms. The zero-order chi connectivity index (χ0) is 16.4. The Bertz CT molecular complexity index is 700. The van der Waals surface area contributed by atoms with Crippen molar-refractivity contribution in [3.63, 3.8) is 0 Å². The van der Waals surface area contributed by atoms with Crippen LogP contribution in [0.3, 0.4) is 0 Å². The summed E-state index contributed by atoms with van der Waals surface area (Å²) in [6.45, 7) is 2.14. The molecule has 120 valence electrons. The standard InChI is InChI=1S/C19H19Br2NO/c1-13-7-5-6-10-16(13)15-11-17(14-8-3-2-4-9-14)22-18(23)19(20,21)12-15/h2-10,15,17H,11-12H2,1H3,(H,22,23)/t15-,17-/m1/s1. The number of nitrogens with one attached hydrogen (secondary N) is 1. The van der Waals surface area contributed by atoms with Gasteiger partial charge in [-0.3, -0.25) is 4.79 Å². The third-order valence-electron chi connectivity index (χ3n) is 4.49. The molecule has 0 radical (unpaired) electrons. The molecule has 2 aromatic carbocycles. The third-order valence-corrected chi connectivity index (χ3v) is 5.86. The van der Waals surface area contributed by atoms with E-state index in [9.17, 15) is 4.79 Å². The van der Waals surface area contributed by atoms with Gasteiger partial charge in [-0.05, 0) is 42.4 Å². The van der Waals surface area contributed by atoms with E-state index in [0.717, 1.165) is 12.0 Å². The predicted molar refractivity (Wildman–Crippen MR) is 101 cm³/mol. The van der Waals surface area contributed by atoms with Crippen molar-refractivity contribution in [1.29, 1.82) is 0 Å². The first-order valence-electron chi connectivity index (χ1n) is 7.76. The number of amides is 1. The van der Waals surface area contributed by atoms with Gasteiger partial charge in [0.2, 0.25) is 5.91 Å². The van der Waals surface area contributed by atoms with E-state index >= 15 is 0 Å². The molecule has 4 heteroatoms. The summed E-state index contributed by atoms with van der Waals surface area (Å²) in [5, 5.41) is 3.17. The van der Waals surface area contributed by atoms with Crippen LogP contribution in [-0.2, 0) is 4.79 Å². The molecule has 0 aromatic heterocycles. The molecular weight excluding hydrogens is 418 g/mol. The lowest BCUT2D eigenvalue weighted by Gasteiger charge is -2.23. The number of halogens is 2. The molecule has 2 aromatic rings. The number of benzene rings is 2. The predicted octanol–water partition coefficient (Wildman–Crippen LogP) is 5.22. The maximum atomic E-state index is 12.6. The van der Waals surface area contributed by atoms with Crippen molar-refractivity contribution in [2.45, 2.75) is 35.0 Å². The summed E-state index contributed by atoms with van der Waals surface area (Å²) in [6, 6.07) is 18.7. The molecule has 1 aliphatic rings.